The third-order valence-electron chi connectivity index (χ3n) is 6.57. The van der Waals surface area contributed by atoms with Gasteiger partial charge in [-0.2, -0.15) is 0 Å². The molecule has 2 saturated heterocycles. The van der Waals surface area contributed by atoms with Crippen LogP contribution in [0.25, 0.3) is 0 Å². The molecule has 3 nitrogen and oxygen atoms in total. The van der Waals surface area contributed by atoms with Gasteiger partial charge in [0.2, 0.25) is 0 Å². The van der Waals surface area contributed by atoms with Gasteiger partial charge in [0.1, 0.15) is 5.75 Å². The van der Waals surface area contributed by atoms with E-state index in [1.165, 1.54) is 30.5 Å². The van der Waals surface area contributed by atoms with Crippen molar-refractivity contribution in [3.63, 3.8) is 0 Å². The zero-order valence-electron chi connectivity index (χ0n) is 18.2. The van der Waals surface area contributed by atoms with Crippen LogP contribution in [0, 0.1) is 5.92 Å². The summed E-state index contributed by atoms with van der Waals surface area (Å²) < 4.78 is 8.01. The van der Waals surface area contributed by atoms with E-state index < -0.39 is 0 Å². The molecule has 156 valence electrons. The first-order valence-electron chi connectivity index (χ1n) is 10.9. The minimum absolute atomic E-state index is 0.537. The fourth-order valence-corrected chi connectivity index (χ4v) is 6.20. The van der Waals surface area contributed by atoms with Gasteiger partial charge in [0, 0.05) is 31.7 Å². The lowest BCUT2D eigenvalue weighted by molar-refractivity contribution is 0.0349. The standard InChI is InChI=1S/C25H34N2OS/c1-18(2)23-7-5-6-8-24(23)25-14-20-13-21(27(25)29-4)17-26(16-20)15-19-9-11-22(28-3)12-10-19/h5-12,18,20-21,25H,13-17H2,1-4H3. The van der Waals surface area contributed by atoms with Crippen LogP contribution in [0.5, 0.6) is 5.75 Å². The quantitative estimate of drug-likeness (QED) is 0.565. The third-order valence-corrected chi connectivity index (χ3v) is 7.54. The molecule has 2 aromatic carbocycles. The molecule has 2 aliphatic rings. The molecule has 4 rings (SSSR count). The minimum Gasteiger partial charge on any atom is -0.497 e. The molecule has 0 radical (unpaired) electrons. The van der Waals surface area contributed by atoms with E-state index in [1.807, 2.05) is 11.9 Å². The Balaban J connectivity index is 1.51. The van der Waals surface area contributed by atoms with Crippen molar-refractivity contribution in [3.05, 3.63) is 65.2 Å². The van der Waals surface area contributed by atoms with E-state index in [0.717, 1.165) is 24.8 Å². The van der Waals surface area contributed by atoms with Crippen LogP contribution >= 0.6 is 11.9 Å². The minimum atomic E-state index is 0.537. The van der Waals surface area contributed by atoms with Gasteiger partial charge in [-0.15, -0.1) is 0 Å². The number of hydrogen-bond acceptors (Lipinski definition) is 4. The highest BCUT2D eigenvalue weighted by atomic mass is 32.2. The van der Waals surface area contributed by atoms with Crippen molar-refractivity contribution in [2.24, 2.45) is 5.92 Å². The number of piperidine rings is 2. The number of nitrogens with zero attached hydrogens (tertiary/aromatic N) is 2. The molecule has 0 amide bonds. The van der Waals surface area contributed by atoms with Crippen LogP contribution in [0.15, 0.2) is 48.5 Å². The van der Waals surface area contributed by atoms with Crippen molar-refractivity contribution in [2.75, 3.05) is 26.5 Å². The lowest BCUT2D eigenvalue weighted by Crippen LogP contribution is -2.53. The molecule has 2 aliphatic heterocycles. The average molecular weight is 411 g/mol. The molecule has 0 aromatic heterocycles. The highest BCUT2D eigenvalue weighted by Crippen LogP contribution is 2.45. The molecule has 0 N–H and O–H groups in total. The van der Waals surface area contributed by atoms with E-state index >= 15 is 0 Å². The largest absolute Gasteiger partial charge is 0.497 e. The first kappa shape index (κ1) is 20.8. The van der Waals surface area contributed by atoms with Crippen molar-refractivity contribution >= 4 is 11.9 Å². The summed E-state index contributed by atoms with van der Waals surface area (Å²) in [6.45, 7) is 8.05. The molecule has 29 heavy (non-hydrogen) atoms. The Labute approximate surface area is 180 Å². The van der Waals surface area contributed by atoms with E-state index in [1.54, 1.807) is 12.7 Å². The Bertz CT molecular complexity index is 807. The summed E-state index contributed by atoms with van der Waals surface area (Å²) in [5.41, 5.74) is 4.45. The highest BCUT2D eigenvalue weighted by Gasteiger charge is 2.41. The van der Waals surface area contributed by atoms with Crippen molar-refractivity contribution in [1.29, 1.82) is 0 Å². The average Bonchev–Trinajstić information content (AvgIpc) is 2.74. The Morgan fingerprint density at radius 1 is 1.03 bits per heavy atom. The number of rotatable bonds is 6. The molecular formula is C25H34N2OS. The zero-order chi connectivity index (χ0) is 20.4. The van der Waals surface area contributed by atoms with Crippen LogP contribution in [0.2, 0.25) is 0 Å². The Morgan fingerprint density at radius 3 is 2.48 bits per heavy atom. The molecule has 0 saturated carbocycles. The second-order valence-electron chi connectivity index (χ2n) is 8.88. The molecule has 3 unspecified atom stereocenters. The summed E-state index contributed by atoms with van der Waals surface area (Å²) in [5.74, 6) is 2.29. The normalized spacial score (nSPS) is 25.3. The first-order chi connectivity index (χ1) is 14.1. The highest BCUT2D eigenvalue weighted by molar-refractivity contribution is 7.96. The number of likely N-dealkylation sites (tertiary alicyclic amines) is 1. The molecule has 2 bridgehead atoms. The Morgan fingerprint density at radius 2 is 1.79 bits per heavy atom. The van der Waals surface area contributed by atoms with Crippen LogP contribution in [0.1, 0.15) is 55.3 Å². The molecule has 3 atom stereocenters. The lowest BCUT2D eigenvalue weighted by atomic mass is 9.79. The Hall–Kier alpha value is -1.49. The van der Waals surface area contributed by atoms with Crippen LogP contribution in [-0.4, -0.2) is 41.7 Å². The number of hydrogen-bond donors (Lipinski definition) is 0. The smallest absolute Gasteiger partial charge is 0.118 e. The maximum atomic E-state index is 5.31. The first-order valence-corrected chi connectivity index (χ1v) is 12.0. The summed E-state index contributed by atoms with van der Waals surface area (Å²) in [6, 6.07) is 18.9. The van der Waals surface area contributed by atoms with Crippen molar-refractivity contribution in [1.82, 2.24) is 9.21 Å². The Kier molecular flexibility index (Phi) is 6.53. The fraction of sp³-hybridized carbons (Fsp3) is 0.520. The van der Waals surface area contributed by atoms with Crippen LogP contribution < -0.4 is 4.74 Å². The van der Waals surface area contributed by atoms with Gasteiger partial charge in [-0.3, -0.25) is 4.90 Å². The topological polar surface area (TPSA) is 15.7 Å². The van der Waals surface area contributed by atoms with Gasteiger partial charge in [0.15, 0.2) is 0 Å². The summed E-state index contributed by atoms with van der Waals surface area (Å²) >= 11 is 1.94. The zero-order valence-corrected chi connectivity index (χ0v) is 19.0. The van der Waals surface area contributed by atoms with E-state index in [-0.39, 0.29) is 0 Å². The third kappa shape index (κ3) is 4.50. The molecule has 0 aliphatic carbocycles. The van der Waals surface area contributed by atoms with Gasteiger partial charge >= 0.3 is 0 Å². The second kappa shape index (κ2) is 9.11. The van der Waals surface area contributed by atoms with Crippen LogP contribution in [-0.2, 0) is 6.54 Å². The van der Waals surface area contributed by atoms with E-state index in [4.69, 9.17) is 4.74 Å². The summed E-state index contributed by atoms with van der Waals surface area (Å²) in [4.78, 5) is 2.66. The number of methoxy groups -OCH3 is 1. The summed E-state index contributed by atoms with van der Waals surface area (Å²) in [6.07, 6.45) is 4.86. The maximum Gasteiger partial charge on any atom is 0.118 e. The van der Waals surface area contributed by atoms with Crippen LogP contribution in [0.3, 0.4) is 0 Å². The van der Waals surface area contributed by atoms with E-state index in [9.17, 15) is 0 Å². The second-order valence-corrected chi connectivity index (χ2v) is 9.66. The van der Waals surface area contributed by atoms with Crippen LogP contribution in [0.4, 0.5) is 0 Å². The van der Waals surface area contributed by atoms with Crippen molar-refractivity contribution in [2.45, 2.75) is 51.2 Å². The molecular weight excluding hydrogens is 376 g/mol. The SMILES string of the molecule is COc1ccc(CN2CC3CC(C2)N(SC)C(c2ccccc2C(C)C)C3)cc1. The van der Waals surface area contributed by atoms with Gasteiger partial charge in [-0.1, -0.05) is 62.2 Å². The van der Waals surface area contributed by atoms with Gasteiger partial charge in [-0.25, -0.2) is 4.31 Å². The monoisotopic (exact) mass is 410 g/mol. The number of ether oxygens (including phenoxy) is 1. The van der Waals surface area contributed by atoms with E-state index in [0.29, 0.717) is 18.0 Å². The number of fused-ring (bicyclic) bond motifs is 2. The molecule has 4 heteroatoms. The molecule has 2 aromatic rings. The van der Waals surface area contributed by atoms with Gasteiger partial charge in [0.25, 0.3) is 0 Å². The fourth-order valence-electron chi connectivity index (χ4n) is 5.30. The van der Waals surface area contributed by atoms with Gasteiger partial charge in [-0.05, 0) is 59.8 Å². The summed E-state index contributed by atoms with van der Waals surface area (Å²) in [5, 5.41) is 0. The van der Waals surface area contributed by atoms with Gasteiger partial charge < -0.3 is 4.74 Å². The van der Waals surface area contributed by atoms with Crippen molar-refractivity contribution in [3.8, 4) is 5.75 Å². The molecule has 0 spiro atoms. The predicted molar refractivity (Wildman–Crippen MR) is 123 cm³/mol. The van der Waals surface area contributed by atoms with Crippen molar-refractivity contribution < 1.29 is 4.74 Å². The predicted octanol–water partition coefficient (Wildman–Crippen LogP) is 5.73. The van der Waals surface area contributed by atoms with Gasteiger partial charge in [0.05, 0.1) is 7.11 Å². The lowest BCUT2D eigenvalue weighted by Gasteiger charge is -2.51. The molecule has 2 fully saturated rings. The summed E-state index contributed by atoms with van der Waals surface area (Å²) in [7, 11) is 1.73. The maximum absolute atomic E-state index is 5.31. The molecule has 2 heterocycles. The van der Waals surface area contributed by atoms with E-state index in [2.05, 4.69) is 77.8 Å². The number of benzene rings is 2.